The molecule has 2 N–H and O–H groups in total. The van der Waals surface area contributed by atoms with Gasteiger partial charge in [0.15, 0.2) is 0 Å². The quantitative estimate of drug-likeness (QED) is 0.229. The molecule has 2 aromatic heterocycles. The highest BCUT2D eigenvalue weighted by molar-refractivity contribution is 6.34. The number of amides is 1. The molecule has 0 bridgehead atoms. The van der Waals surface area contributed by atoms with Gasteiger partial charge in [-0.25, -0.2) is 4.39 Å². The van der Waals surface area contributed by atoms with Crippen molar-refractivity contribution in [2.45, 2.75) is 31.3 Å². The molecule has 0 radical (unpaired) electrons. The second kappa shape index (κ2) is 11.7. The zero-order chi connectivity index (χ0) is 30.2. The number of halogens is 2. The Morgan fingerprint density at radius 1 is 1.28 bits per heavy atom. The number of anilines is 2. The molecular formula is C31H31ClFN7O3. The minimum atomic E-state index is -0.601. The van der Waals surface area contributed by atoms with Crippen molar-refractivity contribution in [3.8, 4) is 23.2 Å². The first-order valence-electron chi connectivity index (χ1n) is 14.1. The molecule has 2 fully saturated rings. The van der Waals surface area contributed by atoms with Gasteiger partial charge in [-0.05, 0) is 62.3 Å². The van der Waals surface area contributed by atoms with Gasteiger partial charge in [0, 0.05) is 36.6 Å². The van der Waals surface area contributed by atoms with Gasteiger partial charge in [-0.1, -0.05) is 18.2 Å². The smallest absolute Gasteiger partial charge is 0.319 e. The lowest BCUT2D eigenvalue weighted by Crippen LogP contribution is -2.55. The largest absolute Gasteiger partial charge is 0.463 e. The summed E-state index contributed by atoms with van der Waals surface area (Å²) >= 11 is 6.51. The minimum Gasteiger partial charge on any atom is -0.463 e. The molecule has 1 amide bonds. The van der Waals surface area contributed by atoms with Gasteiger partial charge in [-0.15, -0.1) is 0 Å². The highest BCUT2D eigenvalue weighted by atomic mass is 35.5. The van der Waals surface area contributed by atoms with Crippen molar-refractivity contribution < 1.29 is 18.3 Å². The number of nitrogens with zero attached hydrogens (tertiary/aromatic N) is 6. The molecule has 6 rings (SSSR count). The summed E-state index contributed by atoms with van der Waals surface area (Å²) < 4.78 is 26.4. The molecule has 4 aromatic rings. The SMILES string of the molecule is C=CC(=O)N1CCN(c2nc(OC[C@@H]3CCCN3C)nc3cc(-c4cc(N)c(F)cc4Cl)c4ccoc4c23)C[C@@H]1CC#N. The molecule has 0 unspecified atom stereocenters. The number of nitrogens with two attached hydrogens (primary N) is 1. The molecule has 0 saturated carbocycles. The zero-order valence-electron chi connectivity index (χ0n) is 23.7. The molecule has 4 heterocycles. The maximum absolute atomic E-state index is 14.2. The molecule has 0 spiro atoms. The van der Waals surface area contributed by atoms with Crippen molar-refractivity contribution in [3.63, 3.8) is 0 Å². The number of likely N-dealkylation sites (tertiary alicyclic amines) is 1. The van der Waals surface area contributed by atoms with Crippen molar-refractivity contribution in [1.29, 1.82) is 5.26 Å². The Hall–Kier alpha value is -4.40. The number of fused-ring (bicyclic) bond motifs is 3. The number of carbonyl (C=O) groups excluding carboxylic acids is 1. The van der Waals surface area contributed by atoms with Crippen molar-refractivity contribution in [2.75, 3.05) is 50.5 Å². The van der Waals surface area contributed by atoms with E-state index in [9.17, 15) is 14.4 Å². The fourth-order valence-corrected chi connectivity index (χ4v) is 6.33. The lowest BCUT2D eigenvalue weighted by atomic mass is 9.98. The van der Waals surface area contributed by atoms with Crippen LogP contribution in [0.3, 0.4) is 0 Å². The Morgan fingerprint density at radius 3 is 2.86 bits per heavy atom. The molecule has 222 valence electrons. The van der Waals surface area contributed by atoms with Crippen LogP contribution in [0.4, 0.5) is 15.9 Å². The Morgan fingerprint density at radius 2 is 2.12 bits per heavy atom. The predicted molar refractivity (Wildman–Crippen MR) is 163 cm³/mol. The first-order valence-corrected chi connectivity index (χ1v) is 14.5. The number of nitrogen functional groups attached to an aromatic ring is 1. The van der Waals surface area contributed by atoms with E-state index in [1.54, 1.807) is 11.2 Å². The van der Waals surface area contributed by atoms with Gasteiger partial charge < -0.3 is 29.6 Å². The summed E-state index contributed by atoms with van der Waals surface area (Å²) in [5, 5.41) is 11.1. The van der Waals surface area contributed by atoms with Gasteiger partial charge in [-0.2, -0.15) is 15.2 Å². The van der Waals surface area contributed by atoms with Gasteiger partial charge in [-0.3, -0.25) is 4.79 Å². The van der Waals surface area contributed by atoms with Crippen LogP contribution in [-0.4, -0.2) is 77.6 Å². The Balaban J connectivity index is 1.50. The van der Waals surface area contributed by atoms with Crippen LogP contribution in [0.15, 0.2) is 47.6 Å². The first kappa shape index (κ1) is 28.7. The predicted octanol–water partition coefficient (Wildman–Crippen LogP) is 5.01. The molecule has 2 atom stereocenters. The number of carbonyl (C=O) groups is 1. The number of benzene rings is 2. The highest BCUT2D eigenvalue weighted by Gasteiger charge is 2.32. The molecular weight excluding hydrogens is 573 g/mol. The maximum atomic E-state index is 14.2. The van der Waals surface area contributed by atoms with Crippen molar-refractivity contribution >= 4 is 50.9 Å². The third-order valence-corrected chi connectivity index (χ3v) is 8.69. The standard InChI is InChI=1S/C31H31ClFN7O3/c1-3-27(41)40-11-10-39(16-18(40)6-8-34)30-28-26(36-31(37-30)43-17-19-5-4-9-38(19)2)14-21(20-7-12-42-29(20)28)22-13-25(35)24(33)15-23(22)32/h3,7,12-15,18-19H,1,4-6,9-11,16-17,35H2,2H3/t18-,19-/m0/s1. The number of piperazine rings is 1. The highest BCUT2D eigenvalue weighted by Crippen LogP contribution is 2.42. The van der Waals surface area contributed by atoms with E-state index in [1.807, 2.05) is 17.0 Å². The van der Waals surface area contributed by atoms with E-state index in [2.05, 4.69) is 24.6 Å². The van der Waals surface area contributed by atoms with Crippen LogP contribution < -0.4 is 15.4 Å². The average Bonchev–Trinajstić information content (AvgIpc) is 3.66. The van der Waals surface area contributed by atoms with E-state index < -0.39 is 5.82 Å². The van der Waals surface area contributed by atoms with Gasteiger partial charge in [0.2, 0.25) is 5.91 Å². The summed E-state index contributed by atoms with van der Waals surface area (Å²) in [6.07, 6.45) is 5.11. The number of ether oxygens (including phenoxy) is 1. The number of aromatic nitrogens is 2. The Labute approximate surface area is 253 Å². The van der Waals surface area contributed by atoms with Crippen LogP contribution in [0.5, 0.6) is 6.01 Å². The summed E-state index contributed by atoms with van der Waals surface area (Å²) in [5.41, 5.74) is 8.16. The van der Waals surface area contributed by atoms with E-state index in [0.29, 0.717) is 59.7 Å². The first-order chi connectivity index (χ1) is 20.8. The summed E-state index contributed by atoms with van der Waals surface area (Å²) in [4.78, 5) is 28.2. The van der Waals surface area contributed by atoms with Crippen LogP contribution >= 0.6 is 11.6 Å². The number of rotatable bonds is 7. The number of hydrogen-bond donors (Lipinski definition) is 1. The summed E-state index contributed by atoms with van der Waals surface area (Å²) in [6, 6.07) is 8.65. The van der Waals surface area contributed by atoms with E-state index in [-0.39, 0.29) is 41.1 Å². The van der Waals surface area contributed by atoms with E-state index in [1.165, 1.54) is 18.2 Å². The molecule has 43 heavy (non-hydrogen) atoms. The zero-order valence-corrected chi connectivity index (χ0v) is 24.5. The van der Waals surface area contributed by atoms with E-state index >= 15 is 0 Å². The van der Waals surface area contributed by atoms with Crippen LogP contribution in [0, 0.1) is 17.1 Å². The fourth-order valence-electron chi connectivity index (χ4n) is 6.08. The Kier molecular flexibility index (Phi) is 7.81. The van der Waals surface area contributed by atoms with Crippen LogP contribution in [-0.2, 0) is 4.79 Å². The second-order valence-electron chi connectivity index (χ2n) is 11.0. The lowest BCUT2D eigenvalue weighted by molar-refractivity contribution is -0.128. The maximum Gasteiger partial charge on any atom is 0.319 e. The average molecular weight is 604 g/mol. The van der Waals surface area contributed by atoms with Crippen molar-refractivity contribution in [1.82, 2.24) is 19.8 Å². The molecule has 2 aliphatic rings. The number of nitriles is 1. The monoisotopic (exact) mass is 603 g/mol. The Bertz CT molecular complexity index is 1770. The fraction of sp³-hybridized carbons (Fsp3) is 0.355. The van der Waals surface area contributed by atoms with Crippen molar-refractivity contribution in [2.24, 2.45) is 0 Å². The van der Waals surface area contributed by atoms with E-state index in [4.69, 9.17) is 36.5 Å². The van der Waals surface area contributed by atoms with Crippen LogP contribution in [0.2, 0.25) is 5.02 Å². The van der Waals surface area contributed by atoms with E-state index in [0.717, 1.165) is 24.8 Å². The molecule has 0 aliphatic carbocycles. The van der Waals surface area contributed by atoms with Crippen molar-refractivity contribution in [3.05, 3.63) is 54.0 Å². The third kappa shape index (κ3) is 5.32. The van der Waals surface area contributed by atoms with Gasteiger partial charge in [0.05, 0.1) is 46.4 Å². The summed E-state index contributed by atoms with van der Waals surface area (Å²) in [7, 11) is 2.07. The number of hydrogen-bond acceptors (Lipinski definition) is 9. The van der Waals surface area contributed by atoms with Gasteiger partial charge >= 0.3 is 6.01 Å². The molecule has 12 heteroatoms. The number of furan rings is 1. The van der Waals surface area contributed by atoms with Gasteiger partial charge in [0.25, 0.3) is 0 Å². The molecule has 2 aliphatic heterocycles. The summed E-state index contributed by atoms with van der Waals surface area (Å²) in [6.45, 7) is 6.27. The molecule has 2 aromatic carbocycles. The number of likely N-dealkylation sites (N-methyl/N-ethyl adjacent to an activating group) is 1. The minimum absolute atomic E-state index is 0.0281. The third-order valence-electron chi connectivity index (χ3n) is 8.38. The lowest BCUT2D eigenvalue weighted by Gasteiger charge is -2.41. The van der Waals surface area contributed by atoms with Gasteiger partial charge in [0.1, 0.15) is 23.8 Å². The van der Waals surface area contributed by atoms with Crippen LogP contribution in [0.1, 0.15) is 19.3 Å². The summed E-state index contributed by atoms with van der Waals surface area (Å²) in [5.74, 6) is -0.244. The normalized spacial score (nSPS) is 19.2. The topological polar surface area (TPSA) is 125 Å². The second-order valence-corrected chi connectivity index (χ2v) is 11.4. The van der Waals surface area contributed by atoms with Crippen LogP contribution in [0.25, 0.3) is 33.0 Å². The molecule has 2 saturated heterocycles. The molecule has 10 nitrogen and oxygen atoms in total.